The number of nitrogens with zero attached hydrogens (tertiary/aromatic N) is 5. The van der Waals surface area contributed by atoms with Gasteiger partial charge in [-0.2, -0.15) is 14.7 Å². The summed E-state index contributed by atoms with van der Waals surface area (Å²) in [5.74, 6) is -2.69. The molecule has 1 saturated heterocycles. The Morgan fingerprint density at radius 2 is 1.80 bits per heavy atom. The maximum Gasteiger partial charge on any atom is 0.326 e. The molecule has 0 unspecified atom stereocenters. The van der Waals surface area contributed by atoms with E-state index in [9.17, 15) is 33.2 Å². The van der Waals surface area contributed by atoms with Gasteiger partial charge in [-0.3, -0.25) is 19.3 Å². The van der Waals surface area contributed by atoms with Crippen LogP contribution in [-0.4, -0.2) is 69.0 Å². The van der Waals surface area contributed by atoms with Crippen molar-refractivity contribution in [2.45, 2.75) is 35.9 Å². The molecular formula is C30H25Cl2N7O6S. The van der Waals surface area contributed by atoms with Gasteiger partial charge in [-0.1, -0.05) is 41.4 Å². The normalized spacial score (nSPS) is 17.2. The maximum absolute atomic E-state index is 13.7. The molecule has 5 rings (SSSR count). The minimum absolute atomic E-state index is 0.0386. The zero-order valence-electron chi connectivity index (χ0n) is 23.7. The smallest absolute Gasteiger partial charge is 0.326 e. The van der Waals surface area contributed by atoms with E-state index >= 15 is 0 Å². The number of carbonyl (C=O) groups excluding carboxylic acids is 2. The van der Waals surface area contributed by atoms with Gasteiger partial charge >= 0.3 is 5.97 Å². The van der Waals surface area contributed by atoms with Crippen molar-refractivity contribution < 1.29 is 27.9 Å². The molecule has 0 aliphatic carbocycles. The standard InChI is InChI=1S/C30H25Cl2N7O6S/c31-23-15-34-16-24(32)27(23)29(41)36-20-7-5-18(6-8-20)12-25(30(42)43)37-28(40)26-13-21(38-10-2-9-35-38)17-39(26)46(44,45)22-4-1-3-19(11-22)14-33/h1-11,15-16,21,25-26H,12-13,17H2,(H,36,41)(H,37,40)(H,42,43)/t21-,25+,26+/m1/s1. The molecule has 16 heteroatoms. The fraction of sp³-hybridized carbons (Fsp3) is 0.200. The third-order valence-electron chi connectivity index (χ3n) is 7.35. The number of sulfonamides is 1. The van der Waals surface area contributed by atoms with Gasteiger partial charge in [0.25, 0.3) is 5.91 Å². The monoisotopic (exact) mass is 681 g/mol. The first-order valence-corrected chi connectivity index (χ1v) is 15.9. The van der Waals surface area contributed by atoms with Crippen molar-refractivity contribution in [1.82, 2.24) is 24.4 Å². The fourth-order valence-electron chi connectivity index (χ4n) is 5.09. The summed E-state index contributed by atoms with van der Waals surface area (Å²) < 4.78 is 30.0. The van der Waals surface area contributed by atoms with Crippen molar-refractivity contribution in [3.63, 3.8) is 0 Å². The molecule has 13 nitrogen and oxygen atoms in total. The third kappa shape index (κ3) is 7.03. The second-order valence-electron chi connectivity index (χ2n) is 10.3. The number of hydrogen-bond acceptors (Lipinski definition) is 8. The number of aliphatic carboxylic acids is 1. The zero-order chi connectivity index (χ0) is 33.0. The van der Waals surface area contributed by atoms with E-state index in [1.54, 1.807) is 41.2 Å². The van der Waals surface area contributed by atoms with Crippen molar-refractivity contribution >= 4 is 56.7 Å². The van der Waals surface area contributed by atoms with Gasteiger partial charge in [-0.15, -0.1) is 0 Å². The van der Waals surface area contributed by atoms with E-state index in [0.29, 0.717) is 11.3 Å². The summed E-state index contributed by atoms with van der Waals surface area (Å²) in [6, 6.07) is 12.1. The van der Waals surface area contributed by atoms with Crippen LogP contribution in [0.15, 0.2) is 84.3 Å². The molecule has 46 heavy (non-hydrogen) atoms. The molecule has 3 N–H and O–H groups in total. The SMILES string of the molecule is N#Cc1cccc(S(=O)(=O)N2C[C@H](n3cccn3)C[C@H]2C(=O)N[C@@H](Cc2ccc(NC(=O)c3c(Cl)cncc3Cl)cc2)C(=O)O)c1. The summed E-state index contributed by atoms with van der Waals surface area (Å²) in [5, 5.41) is 28.7. The first-order valence-electron chi connectivity index (χ1n) is 13.7. The Labute approximate surface area is 273 Å². The van der Waals surface area contributed by atoms with Crippen LogP contribution in [0.4, 0.5) is 5.69 Å². The first kappa shape index (κ1) is 32.6. The highest BCUT2D eigenvalue weighted by molar-refractivity contribution is 7.89. The van der Waals surface area contributed by atoms with Crippen molar-refractivity contribution in [1.29, 1.82) is 5.26 Å². The second kappa shape index (κ2) is 13.7. The van der Waals surface area contributed by atoms with Gasteiger partial charge in [0.1, 0.15) is 12.1 Å². The lowest BCUT2D eigenvalue weighted by atomic mass is 10.0. The molecule has 3 heterocycles. The van der Waals surface area contributed by atoms with E-state index in [-0.39, 0.29) is 45.5 Å². The quantitative estimate of drug-likeness (QED) is 0.225. The highest BCUT2D eigenvalue weighted by Crippen LogP contribution is 2.33. The van der Waals surface area contributed by atoms with Crippen LogP contribution in [0.5, 0.6) is 0 Å². The summed E-state index contributed by atoms with van der Waals surface area (Å²) in [6.45, 7) is -0.0975. The number of anilines is 1. The summed E-state index contributed by atoms with van der Waals surface area (Å²) in [6.07, 6.45) is 5.66. The number of pyridine rings is 1. The highest BCUT2D eigenvalue weighted by Gasteiger charge is 2.45. The Kier molecular flexibility index (Phi) is 9.68. The van der Waals surface area contributed by atoms with Gasteiger partial charge in [0.05, 0.1) is 38.2 Å². The van der Waals surface area contributed by atoms with E-state index in [4.69, 9.17) is 23.2 Å². The van der Waals surface area contributed by atoms with Crippen molar-refractivity contribution in [3.05, 3.63) is 106 Å². The van der Waals surface area contributed by atoms with Crippen LogP contribution in [0.2, 0.25) is 10.0 Å². The van der Waals surface area contributed by atoms with Crippen molar-refractivity contribution in [2.24, 2.45) is 0 Å². The number of nitrogens with one attached hydrogen (secondary N) is 2. The highest BCUT2D eigenvalue weighted by atomic mass is 35.5. The summed E-state index contributed by atoms with van der Waals surface area (Å²) in [7, 11) is -4.27. The van der Waals surface area contributed by atoms with Gasteiger partial charge in [0, 0.05) is 43.4 Å². The molecule has 2 amide bonds. The number of nitriles is 1. The Morgan fingerprint density at radius 1 is 1.09 bits per heavy atom. The molecular weight excluding hydrogens is 657 g/mol. The Hall–Kier alpha value is -4.81. The van der Waals surface area contributed by atoms with Gasteiger partial charge in [0.2, 0.25) is 15.9 Å². The number of halogens is 2. The van der Waals surface area contributed by atoms with Crippen LogP contribution >= 0.6 is 23.2 Å². The minimum Gasteiger partial charge on any atom is -0.480 e. The summed E-state index contributed by atoms with van der Waals surface area (Å²) >= 11 is 12.1. The van der Waals surface area contributed by atoms with E-state index in [2.05, 4.69) is 20.7 Å². The predicted octanol–water partition coefficient (Wildman–Crippen LogP) is 3.53. The molecule has 2 aromatic carbocycles. The minimum atomic E-state index is -4.27. The Balaban J connectivity index is 1.32. The molecule has 0 saturated carbocycles. The Bertz CT molecular complexity index is 1910. The van der Waals surface area contributed by atoms with E-state index < -0.39 is 45.9 Å². The molecule has 4 aromatic rings. The number of aromatic nitrogens is 3. The average Bonchev–Trinajstić information content (AvgIpc) is 3.73. The second-order valence-corrected chi connectivity index (χ2v) is 13.0. The first-order chi connectivity index (χ1) is 22.0. The third-order valence-corrected chi connectivity index (χ3v) is 9.80. The summed E-state index contributed by atoms with van der Waals surface area (Å²) in [4.78, 5) is 42.2. The predicted molar refractivity (Wildman–Crippen MR) is 167 cm³/mol. The van der Waals surface area contributed by atoms with Crippen LogP contribution in [0.3, 0.4) is 0 Å². The lowest BCUT2D eigenvalue weighted by Gasteiger charge is -2.25. The Morgan fingerprint density at radius 3 is 2.43 bits per heavy atom. The zero-order valence-corrected chi connectivity index (χ0v) is 26.1. The molecule has 0 radical (unpaired) electrons. The van der Waals surface area contributed by atoms with Gasteiger partial charge in [-0.05, 0) is 48.4 Å². The largest absolute Gasteiger partial charge is 0.480 e. The van der Waals surface area contributed by atoms with Gasteiger partial charge in [-0.25, -0.2) is 13.2 Å². The van der Waals surface area contributed by atoms with Crippen LogP contribution in [0, 0.1) is 11.3 Å². The molecule has 1 fully saturated rings. The molecule has 1 aliphatic rings. The van der Waals surface area contributed by atoms with Gasteiger partial charge < -0.3 is 15.7 Å². The van der Waals surface area contributed by atoms with E-state index in [1.807, 2.05) is 6.07 Å². The number of benzene rings is 2. The molecule has 1 aliphatic heterocycles. The topological polar surface area (TPSA) is 187 Å². The van der Waals surface area contributed by atoms with Gasteiger partial charge in [0.15, 0.2) is 0 Å². The molecule has 0 spiro atoms. The average molecular weight is 683 g/mol. The lowest BCUT2D eigenvalue weighted by molar-refractivity contribution is -0.142. The number of hydrogen-bond donors (Lipinski definition) is 3. The molecule has 2 aromatic heterocycles. The van der Waals surface area contributed by atoms with Crippen LogP contribution in [0.25, 0.3) is 0 Å². The fourth-order valence-corrected chi connectivity index (χ4v) is 7.31. The lowest BCUT2D eigenvalue weighted by Crippen LogP contribution is -2.51. The number of carboxylic acid groups (broad SMARTS) is 1. The maximum atomic E-state index is 13.7. The number of carboxylic acids is 1. The van der Waals surface area contributed by atoms with E-state index in [0.717, 1.165) is 4.31 Å². The molecule has 236 valence electrons. The number of carbonyl (C=O) groups is 3. The molecule has 0 bridgehead atoms. The van der Waals surface area contributed by atoms with Crippen LogP contribution in [0.1, 0.15) is 33.9 Å². The molecule has 3 atom stereocenters. The van der Waals surface area contributed by atoms with Crippen LogP contribution < -0.4 is 10.6 Å². The number of amides is 2. The summed E-state index contributed by atoms with van der Waals surface area (Å²) in [5.41, 5.74) is 1.08. The number of rotatable bonds is 10. The van der Waals surface area contributed by atoms with E-state index in [1.165, 1.54) is 42.9 Å². The van der Waals surface area contributed by atoms with Crippen LogP contribution in [-0.2, 0) is 26.0 Å². The van der Waals surface area contributed by atoms with Crippen molar-refractivity contribution in [2.75, 3.05) is 11.9 Å². The van der Waals surface area contributed by atoms with Crippen molar-refractivity contribution in [3.8, 4) is 6.07 Å².